The Morgan fingerprint density at radius 2 is 1.02 bits per heavy atom. The van der Waals surface area contributed by atoms with Crippen LogP contribution in [0.4, 0.5) is 11.4 Å². The van der Waals surface area contributed by atoms with E-state index in [1.54, 1.807) is 18.9 Å². The molecule has 2 aliphatic rings. The van der Waals surface area contributed by atoms with Crippen LogP contribution in [0.1, 0.15) is 42.6 Å². The fourth-order valence-electron chi connectivity index (χ4n) is 7.78. The van der Waals surface area contributed by atoms with E-state index in [0.29, 0.717) is 6.54 Å². The average Bonchev–Trinajstić information content (AvgIpc) is 3.71. The van der Waals surface area contributed by atoms with Gasteiger partial charge in [0.05, 0.1) is 45.4 Å². The van der Waals surface area contributed by atoms with Crippen molar-refractivity contribution in [3.63, 3.8) is 0 Å². The van der Waals surface area contributed by atoms with Gasteiger partial charge in [-0.25, -0.2) is 4.68 Å². The van der Waals surface area contributed by atoms with Crippen molar-refractivity contribution in [3.05, 3.63) is 114 Å². The molecule has 0 spiro atoms. The zero-order valence-electron chi connectivity index (χ0n) is 37.1. The highest BCUT2D eigenvalue weighted by Crippen LogP contribution is 2.29. The summed E-state index contributed by atoms with van der Waals surface area (Å²) in [6.07, 6.45) is 4.46. The van der Waals surface area contributed by atoms with Gasteiger partial charge < -0.3 is 33.6 Å². The van der Waals surface area contributed by atoms with E-state index in [9.17, 15) is 0 Å². The molecule has 5 aromatic rings. The molecule has 61 heavy (non-hydrogen) atoms. The Balaban J connectivity index is 0.000000205. The van der Waals surface area contributed by atoms with E-state index >= 15 is 0 Å². The molecule has 3 heterocycles. The highest BCUT2D eigenvalue weighted by molar-refractivity contribution is 5.59. The molecule has 1 aromatic heterocycles. The number of nitrogens with zero attached hydrogens (tertiary/aromatic N) is 9. The molecule has 2 saturated heterocycles. The van der Waals surface area contributed by atoms with E-state index in [1.807, 2.05) is 43.3 Å². The number of piperazine rings is 2. The minimum absolute atomic E-state index is 0.670. The van der Waals surface area contributed by atoms with E-state index in [0.717, 1.165) is 139 Å². The van der Waals surface area contributed by atoms with Crippen LogP contribution in [0.2, 0.25) is 0 Å². The standard InChI is InChI=1S/C24H32N6O2.C24H35N3O2/c1-20-25-26-27-30(20)19-21-9-11-22(12-10-21)32-18-6-5-13-28-14-16-29(17-15-28)23-7-3-4-8-24(23)31-2;1-25(2)20-21-10-12-22(13-11-21)29-19-7-6-14-26-15-17-27(18-16-26)23-8-4-5-9-24(23)28-3/h3-4,7-12H,5-6,13-19H2,1-2H3;4-5,8-13H,6-7,14-20H2,1-3H3. The van der Waals surface area contributed by atoms with Crippen molar-refractivity contribution in [2.45, 2.75) is 45.7 Å². The van der Waals surface area contributed by atoms with E-state index < -0.39 is 0 Å². The van der Waals surface area contributed by atoms with Gasteiger partial charge in [-0.15, -0.1) is 5.10 Å². The van der Waals surface area contributed by atoms with Crippen molar-refractivity contribution in [3.8, 4) is 23.0 Å². The second-order valence-corrected chi connectivity index (χ2v) is 16.0. The maximum atomic E-state index is 5.92. The van der Waals surface area contributed by atoms with Gasteiger partial charge in [-0.3, -0.25) is 9.80 Å². The molecule has 0 N–H and O–H groups in total. The second kappa shape index (κ2) is 24.2. The Kier molecular flexibility index (Phi) is 17.9. The molecular formula is C48H67N9O4. The van der Waals surface area contributed by atoms with Gasteiger partial charge in [-0.05, 0) is 130 Å². The van der Waals surface area contributed by atoms with Crippen LogP contribution >= 0.6 is 0 Å². The summed E-state index contributed by atoms with van der Waals surface area (Å²) in [5.41, 5.74) is 4.87. The van der Waals surface area contributed by atoms with Gasteiger partial charge in [-0.2, -0.15) is 0 Å². The molecule has 2 fully saturated rings. The first-order valence-electron chi connectivity index (χ1n) is 21.9. The Hall–Kier alpha value is -5.37. The molecule has 13 heteroatoms. The van der Waals surface area contributed by atoms with Crippen LogP contribution in [0.25, 0.3) is 0 Å². The molecule has 0 saturated carbocycles. The summed E-state index contributed by atoms with van der Waals surface area (Å²) in [7, 11) is 7.66. The number of tetrazole rings is 1. The molecule has 7 rings (SSSR count). The van der Waals surface area contributed by atoms with Crippen molar-refractivity contribution in [2.24, 2.45) is 0 Å². The second-order valence-electron chi connectivity index (χ2n) is 16.0. The number of anilines is 2. The maximum absolute atomic E-state index is 5.92. The highest BCUT2D eigenvalue weighted by Gasteiger charge is 2.20. The predicted molar refractivity (Wildman–Crippen MR) is 245 cm³/mol. The van der Waals surface area contributed by atoms with Crippen molar-refractivity contribution in [1.29, 1.82) is 0 Å². The lowest BCUT2D eigenvalue weighted by atomic mass is 10.2. The van der Waals surface area contributed by atoms with Crippen LogP contribution in [0.5, 0.6) is 23.0 Å². The number of aromatic nitrogens is 4. The fraction of sp³-hybridized carbons (Fsp3) is 0.479. The van der Waals surface area contributed by atoms with Crippen molar-refractivity contribution < 1.29 is 18.9 Å². The molecule has 0 unspecified atom stereocenters. The summed E-state index contributed by atoms with van der Waals surface area (Å²) < 4.78 is 24.6. The molecule has 13 nitrogen and oxygen atoms in total. The topological polar surface area (TPSA) is 96.7 Å². The zero-order chi connectivity index (χ0) is 42.7. The average molecular weight is 834 g/mol. The third-order valence-corrected chi connectivity index (χ3v) is 11.3. The fourth-order valence-corrected chi connectivity index (χ4v) is 7.78. The first-order valence-corrected chi connectivity index (χ1v) is 21.9. The Bertz CT molecular complexity index is 1980. The van der Waals surface area contributed by atoms with E-state index in [-0.39, 0.29) is 0 Å². The summed E-state index contributed by atoms with van der Waals surface area (Å²) >= 11 is 0. The van der Waals surface area contributed by atoms with Gasteiger partial charge in [0.15, 0.2) is 0 Å². The number of ether oxygens (including phenoxy) is 4. The molecule has 0 aliphatic carbocycles. The Labute approximate surface area is 363 Å². The van der Waals surface area contributed by atoms with Gasteiger partial charge in [0, 0.05) is 58.9 Å². The first-order chi connectivity index (χ1) is 29.9. The number of para-hydroxylation sites is 4. The monoisotopic (exact) mass is 834 g/mol. The van der Waals surface area contributed by atoms with Crippen LogP contribution in [-0.4, -0.2) is 142 Å². The summed E-state index contributed by atoms with van der Waals surface area (Å²) in [6.45, 7) is 15.9. The molecular weight excluding hydrogens is 767 g/mol. The summed E-state index contributed by atoms with van der Waals surface area (Å²) in [4.78, 5) is 12.1. The summed E-state index contributed by atoms with van der Waals surface area (Å²) in [5.74, 6) is 4.61. The van der Waals surface area contributed by atoms with Gasteiger partial charge in [0.25, 0.3) is 0 Å². The minimum atomic E-state index is 0.670. The van der Waals surface area contributed by atoms with Gasteiger partial charge in [0.1, 0.15) is 28.8 Å². The Morgan fingerprint density at radius 3 is 1.44 bits per heavy atom. The largest absolute Gasteiger partial charge is 0.495 e. The first kappa shape index (κ1) is 45.2. The van der Waals surface area contributed by atoms with Gasteiger partial charge >= 0.3 is 0 Å². The molecule has 0 amide bonds. The third kappa shape index (κ3) is 14.4. The highest BCUT2D eigenvalue weighted by atomic mass is 16.5. The van der Waals surface area contributed by atoms with E-state index in [2.05, 4.69) is 115 Å². The normalized spacial score (nSPS) is 14.7. The molecule has 328 valence electrons. The molecule has 4 aromatic carbocycles. The Morgan fingerprint density at radius 1 is 0.557 bits per heavy atom. The minimum Gasteiger partial charge on any atom is -0.495 e. The van der Waals surface area contributed by atoms with Crippen LogP contribution < -0.4 is 28.7 Å². The molecule has 0 bridgehead atoms. The number of hydrogen-bond donors (Lipinski definition) is 0. The maximum Gasteiger partial charge on any atom is 0.148 e. The lowest BCUT2D eigenvalue weighted by molar-refractivity contribution is 0.238. The number of methoxy groups -OCH3 is 2. The third-order valence-electron chi connectivity index (χ3n) is 11.3. The number of benzene rings is 4. The molecule has 0 atom stereocenters. The van der Waals surface area contributed by atoms with Gasteiger partial charge in [0.2, 0.25) is 0 Å². The summed E-state index contributed by atoms with van der Waals surface area (Å²) in [5, 5.41) is 11.6. The lowest BCUT2D eigenvalue weighted by Gasteiger charge is -2.36. The smallest absolute Gasteiger partial charge is 0.148 e. The van der Waals surface area contributed by atoms with Gasteiger partial charge in [-0.1, -0.05) is 48.5 Å². The van der Waals surface area contributed by atoms with Crippen molar-refractivity contribution in [2.75, 3.05) is 117 Å². The molecule has 0 radical (unpaired) electrons. The van der Waals surface area contributed by atoms with Crippen LogP contribution in [0, 0.1) is 6.92 Å². The van der Waals surface area contributed by atoms with E-state index in [4.69, 9.17) is 18.9 Å². The number of hydrogen-bond acceptors (Lipinski definition) is 12. The van der Waals surface area contributed by atoms with Crippen LogP contribution in [0.3, 0.4) is 0 Å². The van der Waals surface area contributed by atoms with Crippen LogP contribution in [-0.2, 0) is 13.1 Å². The molecule has 2 aliphatic heterocycles. The lowest BCUT2D eigenvalue weighted by Crippen LogP contribution is -2.46. The van der Waals surface area contributed by atoms with Crippen LogP contribution in [0.15, 0.2) is 97.1 Å². The number of rotatable bonds is 20. The zero-order valence-corrected chi connectivity index (χ0v) is 37.1. The number of unbranched alkanes of at least 4 members (excludes halogenated alkanes) is 2. The summed E-state index contributed by atoms with van der Waals surface area (Å²) in [6, 6.07) is 33.2. The SMILES string of the molecule is COc1ccccc1N1CCN(CCCCOc2ccc(CN(C)C)cc2)CC1.COc1ccccc1N1CCN(CCCCOc2ccc(Cn3nnnc3C)cc2)CC1. The predicted octanol–water partition coefficient (Wildman–Crippen LogP) is 6.76. The van der Waals surface area contributed by atoms with E-state index in [1.165, 1.54) is 23.4 Å². The van der Waals surface area contributed by atoms with Crippen molar-refractivity contribution >= 4 is 11.4 Å². The number of aryl methyl sites for hydroxylation is 1. The van der Waals surface area contributed by atoms with Crippen molar-refractivity contribution in [1.82, 2.24) is 34.9 Å². The quantitative estimate of drug-likeness (QED) is 0.0777.